The third-order valence-electron chi connectivity index (χ3n) is 1.63. The highest BCUT2D eigenvalue weighted by molar-refractivity contribution is 5.94. The van der Waals surface area contributed by atoms with Crippen LogP contribution in [0.5, 0.6) is 0 Å². The predicted molar refractivity (Wildman–Crippen MR) is 46.1 cm³/mol. The fourth-order valence-corrected chi connectivity index (χ4v) is 0.889. The van der Waals surface area contributed by atoms with Crippen molar-refractivity contribution in [2.24, 2.45) is 0 Å². The number of aliphatic hydroxyl groups is 1. The number of aliphatic hydroxyl groups excluding tert-OH is 1. The number of hydrogen-bond donors (Lipinski definition) is 1. The maximum Gasteiger partial charge on any atom is 0.378 e. The highest BCUT2D eigenvalue weighted by atomic mass is 16.6. The lowest BCUT2D eigenvalue weighted by Crippen LogP contribution is -2.08. The van der Waals surface area contributed by atoms with Gasteiger partial charge in [0.2, 0.25) is 5.76 Å². The standard InChI is InChI=1S/C9H10O5/c1-3-13-8(11)5(2)7-4-6(10)9(12)14-7/h4,10H,3H2,1-2H3/b7-5+. The first kappa shape index (κ1) is 10.3. The molecule has 0 aromatic heterocycles. The summed E-state index contributed by atoms with van der Waals surface area (Å²) in [6.45, 7) is 3.37. The molecule has 1 aliphatic heterocycles. The molecule has 1 N–H and O–H groups in total. The number of allylic oxidation sites excluding steroid dienone is 1. The number of cyclic esters (lactones) is 1. The highest BCUT2D eigenvalue weighted by Crippen LogP contribution is 2.19. The smallest absolute Gasteiger partial charge is 0.378 e. The van der Waals surface area contributed by atoms with Gasteiger partial charge in [-0.3, -0.25) is 0 Å². The van der Waals surface area contributed by atoms with E-state index in [0.29, 0.717) is 0 Å². The van der Waals surface area contributed by atoms with E-state index in [4.69, 9.17) is 5.11 Å². The van der Waals surface area contributed by atoms with E-state index in [0.717, 1.165) is 6.08 Å². The molecule has 0 aromatic carbocycles. The van der Waals surface area contributed by atoms with Gasteiger partial charge >= 0.3 is 11.9 Å². The van der Waals surface area contributed by atoms with Crippen molar-refractivity contribution < 1.29 is 24.2 Å². The first-order valence-electron chi connectivity index (χ1n) is 4.07. The van der Waals surface area contributed by atoms with Gasteiger partial charge in [0.25, 0.3) is 0 Å². The minimum absolute atomic E-state index is 0.0333. The van der Waals surface area contributed by atoms with Crippen molar-refractivity contribution in [3.63, 3.8) is 0 Å². The van der Waals surface area contributed by atoms with Gasteiger partial charge in [0, 0.05) is 6.08 Å². The number of rotatable bonds is 2. The van der Waals surface area contributed by atoms with E-state index >= 15 is 0 Å². The van der Waals surface area contributed by atoms with E-state index in [1.54, 1.807) is 6.92 Å². The Hall–Kier alpha value is -1.78. The molecular weight excluding hydrogens is 188 g/mol. The maximum absolute atomic E-state index is 11.2. The van der Waals surface area contributed by atoms with Crippen molar-refractivity contribution in [2.75, 3.05) is 6.61 Å². The zero-order valence-corrected chi connectivity index (χ0v) is 7.86. The van der Waals surface area contributed by atoms with Gasteiger partial charge in [0.15, 0.2) is 0 Å². The van der Waals surface area contributed by atoms with Gasteiger partial charge in [0.05, 0.1) is 12.2 Å². The van der Waals surface area contributed by atoms with Crippen LogP contribution in [0.25, 0.3) is 0 Å². The highest BCUT2D eigenvalue weighted by Gasteiger charge is 2.24. The third-order valence-corrected chi connectivity index (χ3v) is 1.63. The van der Waals surface area contributed by atoms with Crippen LogP contribution >= 0.6 is 0 Å². The summed E-state index contributed by atoms with van der Waals surface area (Å²) in [7, 11) is 0. The summed E-state index contributed by atoms with van der Waals surface area (Å²) in [4.78, 5) is 21.9. The summed E-state index contributed by atoms with van der Waals surface area (Å²) >= 11 is 0. The Morgan fingerprint density at radius 2 is 2.29 bits per heavy atom. The van der Waals surface area contributed by atoms with Crippen LogP contribution in [0.1, 0.15) is 13.8 Å². The Morgan fingerprint density at radius 1 is 1.64 bits per heavy atom. The molecule has 1 heterocycles. The summed E-state index contributed by atoms with van der Waals surface area (Å²) in [5.74, 6) is -1.90. The van der Waals surface area contributed by atoms with Crippen LogP contribution in [0, 0.1) is 0 Å². The van der Waals surface area contributed by atoms with Gasteiger partial charge in [-0.15, -0.1) is 0 Å². The summed E-state index contributed by atoms with van der Waals surface area (Å²) in [6.07, 6.45) is 1.09. The fraction of sp³-hybridized carbons (Fsp3) is 0.333. The topological polar surface area (TPSA) is 72.8 Å². The Labute approximate surface area is 80.6 Å². The first-order valence-corrected chi connectivity index (χ1v) is 4.07. The normalized spacial score (nSPS) is 18.7. The lowest BCUT2D eigenvalue weighted by Gasteiger charge is -2.03. The molecule has 0 fully saturated rings. The lowest BCUT2D eigenvalue weighted by molar-refractivity contribution is -0.139. The van der Waals surface area contributed by atoms with Crippen molar-refractivity contribution in [2.45, 2.75) is 13.8 Å². The average Bonchev–Trinajstić information content (AvgIpc) is 2.46. The molecule has 0 aromatic rings. The third kappa shape index (κ3) is 1.93. The van der Waals surface area contributed by atoms with Crippen LogP contribution in [0.3, 0.4) is 0 Å². The first-order chi connectivity index (χ1) is 6.56. The molecule has 0 amide bonds. The van der Waals surface area contributed by atoms with E-state index in [1.165, 1.54) is 6.92 Å². The van der Waals surface area contributed by atoms with Crippen LogP contribution in [0.2, 0.25) is 0 Å². The molecular formula is C9H10O5. The molecule has 1 aliphatic rings. The lowest BCUT2D eigenvalue weighted by atomic mass is 10.2. The number of carbonyl (C=O) groups is 2. The van der Waals surface area contributed by atoms with Crippen LogP contribution in [0.15, 0.2) is 23.2 Å². The Balaban J connectivity index is 2.87. The average molecular weight is 198 g/mol. The molecule has 0 atom stereocenters. The summed E-state index contributed by atoms with van der Waals surface area (Å²) in [5, 5.41) is 8.93. The number of hydrogen-bond acceptors (Lipinski definition) is 5. The van der Waals surface area contributed by atoms with Crippen molar-refractivity contribution in [3.05, 3.63) is 23.2 Å². The van der Waals surface area contributed by atoms with Gasteiger partial charge in [-0.25, -0.2) is 9.59 Å². The molecule has 5 heteroatoms. The Kier molecular flexibility index (Phi) is 2.91. The van der Waals surface area contributed by atoms with E-state index in [9.17, 15) is 9.59 Å². The molecule has 0 saturated carbocycles. The van der Waals surface area contributed by atoms with Gasteiger partial charge in [-0.05, 0) is 13.8 Å². The van der Waals surface area contributed by atoms with E-state index < -0.39 is 17.7 Å². The maximum atomic E-state index is 11.2. The van der Waals surface area contributed by atoms with E-state index in [-0.39, 0.29) is 17.9 Å². The second kappa shape index (κ2) is 3.95. The molecule has 0 saturated heterocycles. The van der Waals surface area contributed by atoms with Crippen LogP contribution in [0.4, 0.5) is 0 Å². The van der Waals surface area contributed by atoms with E-state index in [1.807, 2.05) is 0 Å². The van der Waals surface area contributed by atoms with Crippen molar-refractivity contribution >= 4 is 11.9 Å². The predicted octanol–water partition coefficient (Wildman–Crippen LogP) is 0.822. The largest absolute Gasteiger partial charge is 0.502 e. The fourth-order valence-electron chi connectivity index (χ4n) is 0.889. The second-order valence-corrected chi connectivity index (χ2v) is 2.63. The van der Waals surface area contributed by atoms with Gasteiger partial charge in [-0.1, -0.05) is 0 Å². The molecule has 1 rings (SSSR count). The van der Waals surface area contributed by atoms with Crippen LogP contribution in [-0.4, -0.2) is 23.7 Å². The summed E-state index contributed by atoms with van der Waals surface area (Å²) < 4.78 is 9.29. The summed E-state index contributed by atoms with van der Waals surface area (Å²) in [6, 6.07) is 0. The zero-order valence-electron chi connectivity index (χ0n) is 7.86. The van der Waals surface area contributed by atoms with Crippen molar-refractivity contribution in [1.82, 2.24) is 0 Å². The minimum Gasteiger partial charge on any atom is -0.502 e. The Morgan fingerprint density at radius 3 is 2.71 bits per heavy atom. The monoisotopic (exact) mass is 198 g/mol. The Bertz CT molecular complexity index is 337. The van der Waals surface area contributed by atoms with Gasteiger partial charge < -0.3 is 14.6 Å². The molecule has 0 unspecified atom stereocenters. The SMILES string of the molecule is CCOC(=O)/C(C)=C1\C=C(O)C(=O)O1. The van der Waals surface area contributed by atoms with Crippen LogP contribution < -0.4 is 0 Å². The minimum atomic E-state index is -0.858. The van der Waals surface area contributed by atoms with Gasteiger partial charge in [-0.2, -0.15) is 0 Å². The summed E-state index contributed by atoms with van der Waals surface area (Å²) in [5.41, 5.74) is 0.157. The molecule has 0 aliphatic carbocycles. The number of carbonyl (C=O) groups excluding carboxylic acids is 2. The van der Waals surface area contributed by atoms with Gasteiger partial charge in [0.1, 0.15) is 5.76 Å². The molecule has 0 radical (unpaired) electrons. The molecule has 76 valence electrons. The zero-order chi connectivity index (χ0) is 10.7. The molecule has 0 bridgehead atoms. The van der Waals surface area contributed by atoms with Crippen molar-refractivity contribution in [1.29, 1.82) is 0 Å². The van der Waals surface area contributed by atoms with Crippen LogP contribution in [-0.2, 0) is 19.1 Å². The molecule has 0 spiro atoms. The molecule has 5 nitrogen and oxygen atoms in total. The molecule has 14 heavy (non-hydrogen) atoms. The van der Waals surface area contributed by atoms with Crippen molar-refractivity contribution in [3.8, 4) is 0 Å². The van der Waals surface area contributed by atoms with E-state index in [2.05, 4.69) is 9.47 Å². The number of ether oxygens (including phenoxy) is 2. The quantitative estimate of drug-likeness (QED) is 0.525. The number of esters is 2. The second-order valence-electron chi connectivity index (χ2n) is 2.63.